The molecule has 5 heavy (non-hydrogen) atoms. The van der Waals surface area contributed by atoms with Gasteiger partial charge in [0.15, 0.2) is 0 Å². The first kappa shape index (κ1) is 8.06. The molecule has 0 nitrogen and oxygen atoms in total. The Labute approximate surface area is 64.5 Å². The van der Waals surface area contributed by atoms with Crippen molar-refractivity contribution in [3.05, 3.63) is 0 Å². The van der Waals surface area contributed by atoms with Crippen LogP contribution < -0.4 is 0 Å². The van der Waals surface area contributed by atoms with Gasteiger partial charge in [-0.15, -0.1) is 0 Å². The summed E-state index contributed by atoms with van der Waals surface area (Å²) in [7, 11) is -1.37. The van der Waals surface area contributed by atoms with Crippen molar-refractivity contribution >= 4 is 54.4 Å². The number of hydrogen-bond acceptors (Lipinski definition) is 0. The van der Waals surface area contributed by atoms with Gasteiger partial charge in [-0.25, -0.2) is 0 Å². The molecule has 0 aliphatic rings. The summed E-state index contributed by atoms with van der Waals surface area (Å²) in [6, 6.07) is 0. The minimum absolute atomic E-state index is 1.37. The van der Waals surface area contributed by atoms with E-state index in [-0.39, 0.29) is 0 Å². The summed E-state index contributed by atoms with van der Waals surface area (Å²) in [5, 5.41) is 0. The van der Waals surface area contributed by atoms with Gasteiger partial charge in [0.05, 0.1) is 0 Å². The summed E-state index contributed by atoms with van der Waals surface area (Å²) < 4.78 is 2.37. The van der Waals surface area contributed by atoms with E-state index >= 15 is 0 Å². The van der Waals surface area contributed by atoms with Crippen LogP contribution in [0, 0.1) is 0 Å². The third-order valence-electron chi connectivity index (χ3n) is 0. The van der Waals surface area contributed by atoms with Crippen LogP contribution in [0.5, 0.6) is 0 Å². The Morgan fingerprint density at radius 3 is 1.20 bits per heavy atom. The number of halogens is 3. The second-order valence-corrected chi connectivity index (χ2v) is 110. The molecule has 0 atom stereocenters. The number of hydrogen-bond donors (Lipinski definition) is 0. The molecular weight excluding hydrogens is 571 g/mol. The molecule has 0 amide bonds. The topological polar surface area (TPSA) is 0 Å². The van der Waals surface area contributed by atoms with Crippen molar-refractivity contribution in [3.63, 3.8) is 0 Å². The van der Waals surface area contributed by atoms with Gasteiger partial charge in [0, 0.05) is 0 Å². The van der Waals surface area contributed by atoms with Crippen LogP contribution in [0.2, 0.25) is 4.68 Å². The summed E-state index contributed by atoms with van der Waals surface area (Å²) in [4.78, 5) is 0. The minimum atomic E-state index is -1.37. The maximum absolute atomic E-state index is 2.57. The molecule has 0 heterocycles. The van der Waals surface area contributed by atoms with Crippen molar-refractivity contribution in [1.29, 1.82) is 0 Å². The molecule has 0 aromatic rings. The summed E-state index contributed by atoms with van der Waals surface area (Å²) in [6.07, 6.45) is 0. The van der Waals surface area contributed by atoms with Crippen molar-refractivity contribution in [2.24, 2.45) is 0 Å². The van der Waals surface area contributed by atoms with Crippen LogP contribution in [0.25, 0.3) is 0 Å². The second-order valence-electron chi connectivity index (χ2n) is 0.781. The van der Waals surface area contributed by atoms with Gasteiger partial charge in [0.2, 0.25) is 0 Å². The molecule has 0 rings (SSSR count). The van der Waals surface area contributed by atoms with Gasteiger partial charge < -0.3 is 0 Å². The monoisotopic (exact) mass is 576 g/mol. The van der Waals surface area contributed by atoms with E-state index in [0.29, 0.717) is 0 Å². The Morgan fingerprint density at radius 1 is 1.20 bits per heavy atom. The molecule has 0 unspecified atom stereocenters. The molecule has 0 saturated heterocycles. The molecule has 0 aliphatic heterocycles. The van der Waals surface area contributed by atoms with Crippen molar-refractivity contribution in [2.45, 2.75) is 4.68 Å². The van der Waals surface area contributed by atoms with E-state index < -0.39 is 7.50 Å². The van der Waals surface area contributed by atoms with Crippen molar-refractivity contribution in [2.75, 3.05) is 0 Å². The first-order valence-electron chi connectivity index (χ1n) is 1.07. The van der Waals surface area contributed by atoms with E-state index in [9.17, 15) is 0 Å². The SMILES string of the molecule is [CH3][Hf]([I])([I])[I]. The van der Waals surface area contributed by atoms with Gasteiger partial charge in [0.1, 0.15) is 0 Å². The van der Waals surface area contributed by atoms with Crippen molar-refractivity contribution < 1.29 is 7.50 Å². The third-order valence-corrected chi connectivity index (χ3v) is 0. The normalized spacial score (nSPS) is 12.0. The molecule has 32 valence electrons. The molecule has 0 saturated carbocycles. The van der Waals surface area contributed by atoms with E-state index in [0.717, 1.165) is 0 Å². The standard InChI is InChI=1S/CH3.Hf.3HI/h1H3;;3*1H/q;+3;;;/p-3. The Balaban J connectivity index is 3.02. The summed E-state index contributed by atoms with van der Waals surface area (Å²) >= 11 is 7.72. The summed E-state index contributed by atoms with van der Waals surface area (Å²) in [6.45, 7) is 0. The fourth-order valence-electron chi connectivity index (χ4n) is 0. The molecule has 0 spiro atoms. The Morgan fingerprint density at radius 2 is 1.20 bits per heavy atom. The molecule has 0 aliphatic carbocycles. The van der Waals surface area contributed by atoms with Crippen LogP contribution >= 0.6 is 54.4 Å². The third kappa shape index (κ3) is 19.3. The zero-order valence-corrected chi connectivity index (χ0v) is 12.7. The number of rotatable bonds is 0. The van der Waals surface area contributed by atoms with Crippen LogP contribution in [-0.4, -0.2) is 0 Å². The molecule has 4 heteroatoms. The van der Waals surface area contributed by atoms with Crippen LogP contribution in [0.3, 0.4) is 0 Å². The molecule has 0 aromatic carbocycles. The van der Waals surface area contributed by atoms with E-state index in [2.05, 4.69) is 59.1 Å². The van der Waals surface area contributed by atoms with Crippen molar-refractivity contribution in [1.82, 2.24) is 0 Å². The van der Waals surface area contributed by atoms with Gasteiger partial charge in [-0.05, 0) is 0 Å². The summed E-state index contributed by atoms with van der Waals surface area (Å²) in [5.41, 5.74) is 0. The Bertz CT molecular complexity index is 22.4. The average molecular weight is 574 g/mol. The average Bonchev–Trinajstić information content (AvgIpc) is 0.722. The van der Waals surface area contributed by atoms with Gasteiger partial charge >= 0.3 is 66.6 Å². The zero-order chi connectivity index (χ0) is 4.50. The fraction of sp³-hybridized carbons (Fsp3) is 1.00. The van der Waals surface area contributed by atoms with Crippen LogP contribution in [0.1, 0.15) is 0 Å². The van der Waals surface area contributed by atoms with Gasteiger partial charge in [-0.1, -0.05) is 0 Å². The molecule has 0 bridgehead atoms. The molecule has 0 fully saturated rings. The van der Waals surface area contributed by atoms with Gasteiger partial charge in [-0.3, -0.25) is 0 Å². The fourth-order valence-corrected chi connectivity index (χ4v) is 0. The Kier molecular flexibility index (Phi) is 5.09. The predicted octanol–water partition coefficient (Wildman–Crippen LogP) is 3.24. The quantitative estimate of drug-likeness (QED) is 0.308. The predicted molar refractivity (Wildman–Crippen MR) is 47.9 cm³/mol. The molecule has 0 radical (unpaired) electrons. The van der Waals surface area contributed by atoms with E-state index in [1.54, 1.807) is 0 Å². The van der Waals surface area contributed by atoms with E-state index in [4.69, 9.17) is 0 Å². The first-order chi connectivity index (χ1) is 2.00. The molecule has 0 aromatic heterocycles. The van der Waals surface area contributed by atoms with Gasteiger partial charge in [0.25, 0.3) is 0 Å². The Hall–Kier alpha value is 3.06. The van der Waals surface area contributed by atoms with Crippen LogP contribution in [0.15, 0.2) is 0 Å². The molecule has 0 N–H and O–H groups in total. The van der Waals surface area contributed by atoms with Crippen LogP contribution in [-0.2, 0) is 7.50 Å². The zero-order valence-electron chi connectivity index (χ0n) is 2.63. The molecular formula is CH3HfI3. The van der Waals surface area contributed by atoms with Crippen molar-refractivity contribution in [3.8, 4) is 0 Å². The van der Waals surface area contributed by atoms with Crippen LogP contribution in [0.4, 0.5) is 0 Å². The summed E-state index contributed by atoms with van der Waals surface area (Å²) in [5.74, 6) is 0. The maximum atomic E-state index is 2.57. The van der Waals surface area contributed by atoms with E-state index in [1.165, 1.54) is 0 Å². The second kappa shape index (κ2) is 3.16. The van der Waals surface area contributed by atoms with Gasteiger partial charge in [-0.2, -0.15) is 0 Å². The van der Waals surface area contributed by atoms with E-state index in [1.807, 2.05) is 0 Å². The first-order valence-corrected chi connectivity index (χ1v) is 35.2.